The molecule has 4 heteroatoms. The Morgan fingerprint density at radius 1 is 1.25 bits per heavy atom. The smallest absolute Gasteiger partial charge is 0.161 e. The highest BCUT2D eigenvalue weighted by molar-refractivity contribution is 5.49. The first kappa shape index (κ1) is 12.3. The lowest BCUT2D eigenvalue weighted by Crippen LogP contribution is -2.15. The molecule has 0 radical (unpaired) electrons. The fraction of sp³-hybridized carbons (Fsp3) is 0.417. The third-order valence-corrected chi connectivity index (χ3v) is 2.50. The van der Waals surface area contributed by atoms with Crippen LogP contribution < -0.4 is 14.8 Å². The van der Waals surface area contributed by atoms with Crippen molar-refractivity contribution in [2.45, 2.75) is 13.0 Å². The van der Waals surface area contributed by atoms with Crippen LogP contribution in [-0.2, 0) is 0 Å². The van der Waals surface area contributed by atoms with Crippen molar-refractivity contribution >= 4 is 0 Å². The molecular formula is C12H16N2O2. The highest BCUT2D eigenvalue weighted by Crippen LogP contribution is 2.32. The third kappa shape index (κ3) is 2.26. The number of ether oxygens (including phenoxy) is 2. The van der Waals surface area contributed by atoms with Gasteiger partial charge in [-0.1, -0.05) is 0 Å². The van der Waals surface area contributed by atoms with Gasteiger partial charge in [-0.25, -0.2) is 0 Å². The van der Waals surface area contributed by atoms with Crippen LogP contribution in [0.25, 0.3) is 0 Å². The van der Waals surface area contributed by atoms with Crippen LogP contribution in [0.2, 0.25) is 0 Å². The summed E-state index contributed by atoms with van der Waals surface area (Å²) in [5.41, 5.74) is 1.90. The van der Waals surface area contributed by atoms with Gasteiger partial charge in [0.25, 0.3) is 0 Å². The van der Waals surface area contributed by atoms with Gasteiger partial charge in [-0.05, 0) is 37.2 Å². The summed E-state index contributed by atoms with van der Waals surface area (Å²) in [6, 6.07) is 5.56. The molecule has 1 atom stereocenters. The lowest BCUT2D eigenvalue weighted by atomic mass is 10.0. The Balaban J connectivity index is 3.26. The Kier molecular flexibility index (Phi) is 4.15. The van der Waals surface area contributed by atoms with E-state index in [0.717, 1.165) is 11.1 Å². The second-order valence-corrected chi connectivity index (χ2v) is 3.41. The Bertz CT molecular complexity index is 410. The molecule has 1 aromatic carbocycles. The van der Waals surface area contributed by atoms with Crippen molar-refractivity contribution in [1.82, 2.24) is 5.32 Å². The van der Waals surface area contributed by atoms with E-state index in [-0.39, 0.29) is 6.04 Å². The van der Waals surface area contributed by atoms with Gasteiger partial charge in [-0.3, -0.25) is 0 Å². The molecular weight excluding hydrogens is 204 g/mol. The molecule has 0 spiro atoms. The number of hydrogen-bond acceptors (Lipinski definition) is 4. The predicted octanol–water partition coefficient (Wildman–Crippen LogP) is 1.80. The van der Waals surface area contributed by atoms with Crippen molar-refractivity contribution in [3.8, 4) is 17.6 Å². The van der Waals surface area contributed by atoms with E-state index in [4.69, 9.17) is 14.7 Å². The molecule has 0 saturated heterocycles. The Morgan fingerprint density at radius 3 is 2.25 bits per heavy atom. The number of nitriles is 1. The van der Waals surface area contributed by atoms with Gasteiger partial charge in [0.05, 0.1) is 20.3 Å². The SMILES string of the molecule is CNC(C#N)c1cc(OC)c(OC)cc1C. The molecule has 0 aliphatic heterocycles. The van der Waals surface area contributed by atoms with Crippen LogP contribution in [-0.4, -0.2) is 21.3 Å². The molecule has 1 N–H and O–H groups in total. The molecule has 0 fully saturated rings. The number of nitrogens with one attached hydrogen (secondary N) is 1. The van der Waals surface area contributed by atoms with E-state index >= 15 is 0 Å². The molecule has 0 amide bonds. The molecule has 0 bridgehead atoms. The standard InChI is InChI=1S/C12H16N2O2/c1-8-5-11(15-3)12(16-4)6-9(8)10(7-13)14-2/h5-6,10,14H,1-4H3. The molecule has 0 aromatic heterocycles. The predicted molar refractivity (Wildman–Crippen MR) is 61.7 cm³/mol. The molecule has 0 saturated carbocycles. The van der Waals surface area contributed by atoms with Gasteiger partial charge in [0.2, 0.25) is 0 Å². The minimum atomic E-state index is -0.334. The van der Waals surface area contributed by atoms with Crippen molar-refractivity contribution in [2.75, 3.05) is 21.3 Å². The summed E-state index contributed by atoms with van der Waals surface area (Å²) in [4.78, 5) is 0. The maximum absolute atomic E-state index is 9.01. The monoisotopic (exact) mass is 220 g/mol. The zero-order valence-electron chi connectivity index (χ0n) is 10.00. The average Bonchev–Trinajstić information content (AvgIpc) is 2.32. The summed E-state index contributed by atoms with van der Waals surface area (Å²) in [5.74, 6) is 1.31. The third-order valence-electron chi connectivity index (χ3n) is 2.50. The largest absolute Gasteiger partial charge is 0.493 e. The van der Waals surface area contributed by atoms with Gasteiger partial charge < -0.3 is 14.8 Å². The molecule has 16 heavy (non-hydrogen) atoms. The second kappa shape index (κ2) is 5.38. The van der Waals surface area contributed by atoms with E-state index in [9.17, 15) is 0 Å². The minimum Gasteiger partial charge on any atom is -0.493 e. The van der Waals surface area contributed by atoms with Gasteiger partial charge in [0, 0.05) is 0 Å². The number of hydrogen-bond donors (Lipinski definition) is 1. The molecule has 1 rings (SSSR count). The van der Waals surface area contributed by atoms with Gasteiger partial charge in [-0.15, -0.1) is 0 Å². The molecule has 0 aliphatic carbocycles. The maximum Gasteiger partial charge on any atom is 0.161 e. The zero-order valence-corrected chi connectivity index (χ0v) is 10.00. The maximum atomic E-state index is 9.01. The molecule has 1 unspecified atom stereocenters. The molecule has 86 valence electrons. The van der Waals surface area contributed by atoms with Gasteiger partial charge in [0.15, 0.2) is 11.5 Å². The fourth-order valence-corrected chi connectivity index (χ4v) is 1.60. The minimum absolute atomic E-state index is 0.334. The Labute approximate surface area is 95.8 Å². The van der Waals surface area contributed by atoms with Crippen LogP contribution in [0.1, 0.15) is 17.2 Å². The van der Waals surface area contributed by atoms with E-state index in [1.807, 2.05) is 19.1 Å². The Hall–Kier alpha value is -1.73. The van der Waals surface area contributed by atoms with Gasteiger partial charge in [-0.2, -0.15) is 5.26 Å². The summed E-state index contributed by atoms with van der Waals surface area (Å²) in [6.07, 6.45) is 0. The molecule has 4 nitrogen and oxygen atoms in total. The highest BCUT2D eigenvalue weighted by atomic mass is 16.5. The summed E-state index contributed by atoms with van der Waals surface area (Å²) >= 11 is 0. The van der Waals surface area contributed by atoms with Crippen LogP contribution >= 0.6 is 0 Å². The van der Waals surface area contributed by atoms with Crippen molar-refractivity contribution in [1.29, 1.82) is 5.26 Å². The van der Waals surface area contributed by atoms with Gasteiger partial charge >= 0.3 is 0 Å². The van der Waals surface area contributed by atoms with Crippen LogP contribution in [0.4, 0.5) is 0 Å². The topological polar surface area (TPSA) is 54.3 Å². The normalized spacial score (nSPS) is 11.7. The highest BCUT2D eigenvalue weighted by Gasteiger charge is 2.15. The lowest BCUT2D eigenvalue weighted by molar-refractivity contribution is 0.354. The number of aryl methyl sites for hydroxylation is 1. The molecule has 0 heterocycles. The first-order chi connectivity index (χ1) is 7.67. The first-order valence-electron chi connectivity index (χ1n) is 4.97. The summed E-state index contributed by atoms with van der Waals surface area (Å²) in [5, 5.41) is 11.9. The second-order valence-electron chi connectivity index (χ2n) is 3.41. The van der Waals surface area contributed by atoms with Crippen LogP contribution in [0.5, 0.6) is 11.5 Å². The van der Waals surface area contributed by atoms with E-state index in [2.05, 4.69) is 11.4 Å². The van der Waals surface area contributed by atoms with E-state index in [0.29, 0.717) is 11.5 Å². The Morgan fingerprint density at radius 2 is 1.81 bits per heavy atom. The first-order valence-corrected chi connectivity index (χ1v) is 4.97. The fourth-order valence-electron chi connectivity index (χ4n) is 1.60. The number of nitrogens with zero attached hydrogens (tertiary/aromatic N) is 1. The van der Waals surface area contributed by atoms with Crippen molar-refractivity contribution < 1.29 is 9.47 Å². The lowest BCUT2D eigenvalue weighted by Gasteiger charge is -2.15. The number of methoxy groups -OCH3 is 2. The van der Waals surface area contributed by atoms with Crippen molar-refractivity contribution in [3.63, 3.8) is 0 Å². The van der Waals surface area contributed by atoms with Crippen molar-refractivity contribution in [3.05, 3.63) is 23.3 Å². The molecule has 1 aromatic rings. The summed E-state index contributed by atoms with van der Waals surface area (Å²) < 4.78 is 10.4. The van der Waals surface area contributed by atoms with Crippen molar-refractivity contribution in [2.24, 2.45) is 0 Å². The summed E-state index contributed by atoms with van der Waals surface area (Å²) in [6.45, 7) is 1.94. The summed E-state index contributed by atoms with van der Waals surface area (Å²) in [7, 11) is 4.93. The number of rotatable bonds is 4. The van der Waals surface area contributed by atoms with Gasteiger partial charge in [0.1, 0.15) is 6.04 Å². The van der Waals surface area contributed by atoms with Crippen LogP contribution in [0.3, 0.4) is 0 Å². The zero-order chi connectivity index (χ0) is 12.1. The number of benzene rings is 1. The average molecular weight is 220 g/mol. The molecule has 0 aliphatic rings. The van der Waals surface area contributed by atoms with Crippen LogP contribution in [0, 0.1) is 18.3 Å². The van der Waals surface area contributed by atoms with E-state index in [1.165, 1.54) is 0 Å². The quantitative estimate of drug-likeness (QED) is 0.840. The van der Waals surface area contributed by atoms with Crippen LogP contribution in [0.15, 0.2) is 12.1 Å². The van der Waals surface area contributed by atoms with E-state index < -0.39 is 0 Å². The van der Waals surface area contributed by atoms with E-state index in [1.54, 1.807) is 21.3 Å².